The van der Waals surface area contributed by atoms with Gasteiger partial charge < -0.3 is 10.5 Å². The molecule has 7 heteroatoms. The van der Waals surface area contributed by atoms with Crippen LogP contribution in [0.15, 0.2) is 22.7 Å². The van der Waals surface area contributed by atoms with Crippen LogP contribution in [0.4, 0.5) is 13.2 Å². The van der Waals surface area contributed by atoms with Crippen molar-refractivity contribution in [3.63, 3.8) is 0 Å². The zero-order valence-electron chi connectivity index (χ0n) is 8.92. The van der Waals surface area contributed by atoms with Crippen molar-refractivity contribution in [1.29, 1.82) is 0 Å². The van der Waals surface area contributed by atoms with E-state index in [4.69, 9.17) is 5.73 Å². The number of hydrogen-bond donors (Lipinski definition) is 1. The maximum Gasteiger partial charge on any atom is 0.573 e. The molecule has 0 spiro atoms. The Morgan fingerprint density at radius 2 is 1.94 bits per heavy atom. The second-order valence-electron chi connectivity index (χ2n) is 3.28. The summed E-state index contributed by atoms with van der Waals surface area (Å²) in [7, 11) is 0. The summed E-state index contributed by atoms with van der Waals surface area (Å²) in [5.74, 6) is -0.263. The number of ether oxygens (including phenoxy) is 1. The molecule has 1 rings (SSSR count). The van der Waals surface area contributed by atoms with Crippen LogP contribution in [0.2, 0.25) is 0 Å². The van der Waals surface area contributed by atoms with Gasteiger partial charge in [0.15, 0.2) is 0 Å². The van der Waals surface area contributed by atoms with E-state index in [1.807, 2.05) is 6.92 Å². The number of alkyl halides is 3. The predicted octanol–water partition coefficient (Wildman–Crippen LogP) is 4.18. The molecule has 0 aliphatic carbocycles. The lowest BCUT2D eigenvalue weighted by Crippen LogP contribution is -2.17. The zero-order chi connectivity index (χ0) is 12.3. The van der Waals surface area contributed by atoms with Gasteiger partial charge in [-0.05, 0) is 30.2 Å². The van der Waals surface area contributed by atoms with Crippen LogP contribution in [0.1, 0.15) is 24.9 Å². The Labute approximate surface area is 112 Å². The Bertz CT molecular complexity index is 373. The summed E-state index contributed by atoms with van der Waals surface area (Å²) in [5, 5.41) is 0. The van der Waals surface area contributed by atoms with Crippen LogP contribution in [0.25, 0.3) is 0 Å². The summed E-state index contributed by atoms with van der Waals surface area (Å²) in [4.78, 5) is 0. The minimum absolute atomic E-state index is 0. The topological polar surface area (TPSA) is 35.2 Å². The van der Waals surface area contributed by atoms with E-state index in [1.165, 1.54) is 12.1 Å². The first-order valence-electron chi connectivity index (χ1n) is 4.63. The molecule has 0 radical (unpaired) electrons. The summed E-state index contributed by atoms with van der Waals surface area (Å²) in [5.41, 5.74) is 6.35. The van der Waals surface area contributed by atoms with Crippen molar-refractivity contribution in [3.8, 4) is 5.75 Å². The van der Waals surface area contributed by atoms with Crippen molar-refractivity contribution >= 4 is 28.3 Å². The first kappa shape index (κ1) is 16.5. The van der Waals surface area contributed by atoms with E-state index in [2.05, 4.69) is 20.7 Å². The van der Waals surface area contributed by atoms with Crippen molar-refractivity contribution in [2.75, 3.05) is 0 Å². The third-order valence-corrected chi connectivity index (χ3v) is 2.45. The molecule has 0 bridgehead atoms. The lowest BCUT2D eigenvalue weighted by atomic mass is 10.1. The quantitative estimate of drug-likeness (QED) is 0.900. The van der Waals surface area contributed by atoms with Crippen LogP contribution in [-0.4, -0.2) is 6.36 Å². The molecule has 0 heterocycles. The van der Waals surface area contributed by atoms with Crippen molar-refractivity contribution in [1.82, 2.24) is 0 Å². The van der Waals surface area contributed by atoms with Crippen molar-refractivity contribution in [2.45, 2.75) is 25.7 Å². The summed E-state index contributed by atoms with van der Waals surface area (Å²) in [6, 6.07) is 3.93. The van der Waals surface area contributed by atoms with Crippen LogP contribution in [0.3, 0.4) is 0 Å². The molecule has 98 valence electrons. The maximum absolute atomic E-state index is 12.0. The number of hydrogen-bond acceptors (Lipinski definition) is 2. The molecule has 0 saturated heterocycles. The molecule has 1 aromatic rings. The predicted molar refractivity (Wildman–Crippen MR) is 65.3 cm³/mol. The first-order valence-corrected chi connectivity index (χ1v) is 5.43. The van der Waals surface area contributed by atoms with E-state index in [9.17, 15) is 13.2 Å². The van der Waals surface area contributed by atoms with Gasteiger partial charge in [-0.25, -0.2) is 0 Å². The van der Waals surface area contributed by atoms with E-state index < -0.39 is 6.36 Å². The molecule has 0 amide bonds. The highest BCUT2D eigenvalue weighted by atomic mass is 79.9. The number of benzene rings is 1. The van der Waals surface area contributed by atoms with Crippen LogP contribution < -0.4 is 10.5 Å². The van der Waals surface area contributed by atoms with Gasteiger partial charge in [0.05, 0.1) is 0 Å². The fraction of sp³-hybridized carbons (Fsp3) is 0.400. The largest absolute Gasteiger partial charge is 0.573 e. The van der Waals surface area contributed by atoms with Gasteiger partial charge in [0.2, 0.25) is 0 Å². The van der Waals surface area contributed by atoms with E-state index in [0.29, 0.717) is 16.5 Å². The monoisotopic (exact) mass is 333 g/mol. The minimum Gasteiger partial charge on any atom is -0.406 e. The fourth-order valence-corrected chi connectivity index (χ4v) is 1.72. The van der Waals surface area contributed by atoms with Crippen molar-refractivity contribution < 1.29 is 17.9 Å². The summed E-state index contributed by atoms with van der Waals surface area (Å²) in [6.07, 6.45) is -4.05. The third-order valence-electron chi connectivity index (χ3n) is 2.00. The van der Waals surface area contributed by atoms with E-state index in [1.54, 1.807) is 6.07 Å². The second kappa shape index (κ2) is 6.47. The van der Waals surface area contributed by atoms with Gasteiger partial charge in [-0.3, -0.25) is 0 Å². The lowest BCUT2D eigenvalue weighted by Gasteiger charge is -2.14. The van der Waals surface area contributed by atoms with Gasteiger partial charge >= 0.3 is 6.36 Å². The highest BCUT2D eigenvalue weighted by molar-refractivity contribution is 9.10. The van der Waals surface area contributed by atoms with Crippen LogP contribution >= 0.6 is 28.3 Å². The smallest absolute Gasteiger partial charge is 0.406 e. The molecule has 2 nitrogen and oxygen atoms in total. The van der Waals surface area contributed by atoms with Gasteiger partial charge in [0, 0.05) is 10.5 Å². The minimum atomic E-state index is -4.69. The fourth-order valence-electron chi connectivity index (χ4n) is 1.23. The summed E-state index contributed by atoms with van der Waals surface area (Å²) in [6.45, 7) is 1.86. The Kier molecular flexibility index (Phi) is 6.29. The molecule has 1 atom stereocenters. The van der Waals surface area contributed by atoms with Crippen LogP contribution in [-0.2, 0) is 0 Å². The Hall–Kier alpha value is -0.460. The SMILES string of the molecule is CC[C@H](N)c1cc(Br)cc(OC(F)(F)F)c1.Cl. The van der Waals surface area contributed by atoms with Gasteiger partial charge in [-0.15, -0.1) is 25.6 Å². The zero-order valence-corrected chi connectivity index (χ0v) is 11.3. The van der Waals surface area contributed by atoms with Crippen LogP contribution in [0.5, 0.6) is 5.75 Å². The second-order valence-corrected chi connectivity index (χ2v) is 4.20. The van der Waals surface area contributed by atoms with E-state index in [-0.39, 0.29) is 24.2 Å². The molecule has 1 aromatic carbocycles. The average molecular weight is 335 g/mol. The molecule has 0 aromatic heterocycles. The van der Waals surface area contributed by atoms with Gasteiger partial charge in [-0.1, -0.05) is 22.9 Å². The Balaban J connectivity index is 0.00000256. The van der Waals surface area contributed by atoms with Gasteiger partial charge in [0.25, 0.3) is 0 Å². The molecule has 0 unspecified atom stereocenters. The highest BCUT2D eigenvalue weighted by Crippen LogP contribution is 2.29. The first-order chi connectivity index (χ1) is 7.31. The summed E-state index contributed by atoms with van der Waals surface area (Å²) >= 11 is 3.12. The van der Waals surface area contributed by atoms with Gasteiger partial charge in [0.1, 0.15) is 5.75 Å². The number of halogens is 5. The molecule has 2 N–H and O–H groups in total. The average Bonchev–Trinajstić information content (AvgIpc) is 2.12. The normalized spacial score (nSPS) is 12.8. The maximum atomic E-state index is 12.0. The Morgan fingerprint density at radius 1 is 1.35 bits per heavy atom. The Morgan fingerprint density at radius 3 is 2.41 bits per heavy atom. The van der Waals surface area contributed by atoms with Gasteiger partial charge in [-0.2, -0.15) is 0 Å². The number of nitrogens with two attached hydrogens (primary N) is 1. The van der Waals surface area contributed by atoms with E-state index in [0.717, 1.165) is 0 Å². The van der Waals surface area contributed by atoms with Crippen LogP contribution in [0, 0.1) is 0 Å². The lowest BCUT2D eigenvalue weighted by molar-refractivity contribution is -0.274. The summed E-state index contributed by atoms with van der Waals surface area (Å²) < 4.78 is 40.4. The number of rotatable bonds is 3. The standard InChI is InChI=1S/C10H11BrF3NO.ClH/c1-2-9(15)6-3-7(11)5-8(4-6)16-10(12,13)14;/h3-5,9H,2,15H2,1H3;1H/t9-;/m0./s1. The molecule has 0 fully saturated rings. The molecule has 0 saturated carbocycles. The highest BCUT2D eigenvalue weighted by Gasteiger charge is 2.31. The van der Waals surface area contributed by atoms with Crippen molar-refractivity contribution in [2.24, 2.45) is 5.73 Å². The molecule has 17 heavy (non-hydrogen) atoms. The molecular weight excluding hydrogens is 322 g/mol. The van der Waals surface area contributed by atoms with E-state index >= 15 is 0 Å². The molecule has 0 aliphatic heterocycles. The van der Waals surface area contributed by atoms with Crippen molar-refractivity contribution in [3.05, 3.63) is 28.2 Å². The molecule has 0 aliphatic rings. The third kappa shape index (κ3) is 5.61. The molecular formula is C10H12BrClF3NO.